The van der Waals surface area contributed by atoms with Crippen LogP contribution < -0.4 is 10.2 Å². The summed E-state index contributed by atoms with van der Waals surface area (Å²) in [7, 11) is 0. The van der Waals surface area contributed by atoms with E-state index in [0.29, 0.717) is 0 Å². The zero-order chi connectivity index (χ0) is 16.5. The fraction of sp³-hybridized carbons (Fsp3) is 0.263. The number of aryl methyl sites for hydroxylation is 1. The van der Waals surface area contributed by atoms with Crippen molar-refractivity contribution in [3.63, 3.8) is 0 Å². The fourth-order valence-electron chi connectivity index (χ4n) is 3.17. The normalized spacial score (nSPS) is 14.3. The van der Waals surface area contributed by atoms with Crippen LogP contribution in [0.1, 0.15) is 28.1 Å². The van der Waals surface area contributed by atoms with Gasteiger partial charge in [-0.05, 0) is 48.9 Å². The standard InChI is InChI=1S/C19H19N3OS/c1-13-15-6-2-3-7-16(15)24-18(13)19(23)21-14-8-9-17(20-12-14)22-10-4-5-11-22/h2-3,6-9,12H,4-5,10-11H2,1H3,(H,21,23). The number of carbonyl (C=O) groups excluding carboxylic acids is 1. The number of amides is 1. The number of anilines is 2. The summed E-state index contributed by atoms with van der Waals surface area (Å²) in [4.78, 5) is 20.1. The molecule has 1 amide bonds. The third-order valence-electron chi connectivity index (χ3n) is 4.49. The molecule has 1 fully saturated rings. The molecule has 0 saturated carbocycles. The van der Waals surface area contributed by atoms with Gasteiger partial charge < -0.3 is 10.2 Å². The van der Waals surface area contributed by atoms with Crippen LogP contribution in [0.2, 0.25) is 0 Å². The molecule has 1 N–H and O–H groups in total. The lowest BCUT2D eigenvalue weighted by molar-refractivity contribution is 0.103. The predicted octanol–water partition coefficient (Wildman–Crippen LogP) is 4.46. The maximum Gasteiger partial charge on any atom is 0.266 e. The van der Waals surface area contributed by atoms with Gasteiger partial charge in [-0.1, -0.05) is 18.2 Å². The van der Waals surface area contributed by atoms with Crippen LogP contribution in [0.15, 0.2) is 42.6 Å². The maximum atomic E-state index is 12.6. The number of nitrogens with zero attached hydrogens (tertiary/aromatic N) is 2. The summed E-state index contributed by atoms with van der Waals surface area (Å²) in [5, 5.41) is 4.12. The number of hydrogen-bond donors (Lipinski definition) is 1. The van der Waals surface area contributed by atoms with Gasteiger partial charge in [0.05, 0.1) is 16.8 Å². The van der Waals surface area contributed by atoms with Crippen molar-refractivity contribution in [2.45, 2.75) is 19.8 Å². The Hall–Kier alpha value is -2.40. The van der Waals surface area contributed by atoms with Crippen molar-refractivity contribution in [1.82, 2.24) is 4.98 Å². The Morgan fingerprint density at radius 3 is 2.67 bits per heavy atom. The second-order valence-corrected chi connectivity index (χ2v) is 7.16. The summed E-state index contributed by atoms with van der Waals surface area (Å²) in [5.74, 6) is 0.924. The third-order valence-corrected chi connectivity index (χ3v) is 5.76. The average molecular weight is 337 g/mol. The van der Waals surface area contributed by atoms with Gasteiger partial charge in [-0.2, -0.15) is 0 Å². The topological polar surface area (TPSA) is 45.2 Å². The van der Waals surface area contributed by atoms with E-state index in [4.69, 9.17) is 0 Å². The van der Waals surface area contributed by atoms with E-state index in [1.165, 1.54) is 24.2 Å². The van der Waals surface area contributed by atoms with E-state index in [1.54, 1.807) is 6.20 Å². The Kier molecular flexibility index (Phi) is 3.94. The van der Waals surface area contributed by atoms with Crippen LogP contribution in [-0.4, -0.2) is 24.0 Å². The van der Waals surface area contributed by atoms with Gasteiger partial charge in [0.1, 0.15) is 5.82 Å². The van der Waals surface area contributed by atoms with Crippen molar-refractivity contribution in [3.05, 3.63) is 53.0 Å². The Labute approximate surface area is 145 Å². The molecule has 4 nitrogen and oxygen atoms in total. The third kappa shape index (κ3) is 2.76. The van der Waals surface area contributed by atoms with Gasteiger partial charge in [0.25, 0.3) is 5.91 Å². The summed E-state index contributed by atoms with van der Waals surface area (Å²) >= 11 is 1.53. The molecule has 0 unspecified atom stereocenters. The summed E-state index contributed by atoms with van der Waals surface area (Å²) in [6.07, 6.45) is 4.20. The predicted molar refractivity (Wildman–Crippen MR) is 100 cm³/mol. The molecule has 3 heterocycles. The van der Waals surface area contributed by atoms with Crippen LogP contribution in [0.5, 0.6) is 0 Å². The van der Waals surface area contributed by atoms with Gasteiger partial charge >= 0.3 is 0 Å². The lowest BCUT2D eigenvalue weighted by Crippen LogP contribution is -2.19. The van der Waals surface area contributed by atoms with Crippen LogP contribution in [-0.2, 0) is 0 Å². The van der Waals surface area contributed by atoms with Crippen molar-refractivity contribution in [3.8, 4) is 0 Å². The van der Waals surface area contributed by atoms with Gasteiger partial charge in [-0.3, -0.25) is 4.79 Å². The van der Waals surface area contributed by atoms with E-state index in [2.05, 4.69) is 27.3 Å². The minimum absolute atomic E-state index is 0.0653. The molecular formula is C19H19N3OS. The van der Waals surface area contributed by atoms with Crippen LogP contribution in [0, 0.1) is 6.92 Å². The molecule has 0 atom stereocenters. The lowest BCUT2D eigenvalue weighted by Gasteiger charge is -2.16. The smallest absolute Gasteiger partial charge is 0.266 e. The van der Waals surface area contributed by atoms with Gasteiger partial charge in [0.15, 0.2) is 0 Å². The van der Waals surface area contributed by atoms with Crippen LogP contribution in [0.25, 0.3) is 10.1 Å². The highest BCUT2D eigenvalue weighted by atomic mass is 32.1. The molecule has 5 heteroatoms. The van der Waals surface area contributed by atoms with Crippen molar-refractivity contribution in [1.29, 1.82) is 0 Å². The second kappa shape index (κ2) is 6.24. The van der Waals surface area contributed by atoms with Crippen molar-refractivity contribution < 1.29 is 4.79 Å². The molecule has 0 spiro atoms. The molecule has 122 valence electrons. The first-order valence-corrected chi connectivity index (χ1v) is 9.04. The van der Waals surface area contributed by atoms with E-state index in [1.807, 2.05) is 31.2 Å². The summed E-state index contributed by atoms with van der Waals surface area (Å²) in [6, 6.07) is 12.0. The Bertz CT molecular complexity index is 879. The largest absolute Gasteiger partial charge is 0.357 e. The number of pyridine rings is 1. The number of thiophene rings is 1. The molecule has 0 aliphatic carbocycles. The van der Waals surface area contributed by atoms with Crippen molar-refractivity contribution in [2.75, 3.05) is 23.3 Å². The zero-order valence-corrected chi connectivity index (χ0v) is 14.4. The van der Waals surface area contributed by atoms with Crippen LogP contribution >= 0.6 is 11.3 Å². The average Bonchev–Trinajstić information content (AvgIpc) is 3.24. The van der Waals surface area contributed by atoms with Crippen LogP contribution in [0.3, 0.4) is 0 Å². The van der Waals surface area contributed by atoms with Gasteiger partial charge in [-0.25, -0.2) is 4.98 Å². The SMILES string of the molecule is Cc1c(C(=O)Nc2ccc(N3CCCC3)nc2)sc2ccccc12. The van der Waals surface area contributed by atoms with E-state index >= 15 is 0 Å². The molecule has 24 heavy (non-hydrogen) atoms. The molecule has 3 aromatic rings. The van der Waals surface area contributed by atoms with E-state index < -0.39 is 0 Å². The number of rotatable bonds is 3. The zero-order valence-electron chi connectivity index (χ0n) is 13.6. The molecule has 0 bridgehead atoms. The Morgan fingerprint density at radius 2 is 1.96 bits per heavy atom. The number of nitrogens with one attached hydrogen (secondary N) is 1. The lowest BCUT2D eigenvalue weighted by atomic mass is 10.1. The molecular weight excluding hydrogens is 318 g/mol. The van der Waals surface area contributed by atoms with Gasteiger partial charge in [0.2, 0.25) is 0 Å². The summed E-state index contributed by atoms with van der Waals surface area (Å²) in [5.41, 5.74) is 1.77. The van der Waals surface area contributed by atoms with Crippen LogP contribution in [0.4, 0.5) is 11.5 Å². The molecule has 1 saturated heterocycles. The molecule has 0 radical (unpaired) electrons. The van der Waals surface area contributed by atoms with Crippen molar-refractivity contribution >= 4 is 38.8 Å². The van der Waals surface area contributed by atoms with E-state index in [9.17, 15) is 4.79 Å². The number of fused-ring (bicyclic) bond motifs is 1. The highest BCUT2D eigenvalue weighted by Gasteiger charge is 2.16. The highest BCUT2D eigenvalue weighted by Crippen LogP contribution is 2.31. The fourth-order valence-corrected chi connectivity index (χ4v) is 4.28. The molecule has 1 aromatic carbocycles. The Balaban J connectivity index is 1.53. The number of aromatic nitrogens is 1. The maximum absolute atomic E-state index is 12.6. The molecule has 1 aliphatic rings. The quantitative estimate of drug-likeness (QED) is 0.767. The molecule has 2 aromatic heterocycles. The first kappa shape index (κ1) is 15.1. The Morgan fingerprint density at radius 1 is 1.17 bits per heavy atom. The minimum atomic E-state index is -0.0653. The number of carbonyl (C=O) groups is 1. The summed E-state index contributed by atoms with van der Waals surface area (Å²) < 4.78 is 1.14. The second-order valence-electron chi connectivity index (χ2n) is 6.11. The number of benzene rings is 1. The number of hydrogen-bond acceptors (Lipinski definition) is 4. The van der Waals surface area contributed by atoms with E-state index in [0.717, 1.165) is 45.1 Å². The highest BCUT2D eigenvalue weighted by molar-refractivity contribution is 7.21. The van der Waals surface area contributed by atoms with E-state index in [-0.39, 0.29) is 5.91 Å². The van der Waals surface area contributed by atoms with Crippen molar-refractivity contribution in [2.24, 2.45) is 0 Å². The first-order chi connectivity index (χ1) is 11.7. The molecule has 1 aliphatic heterocycles. The molecule has 4 rings (SSSR count). The summed E-state index contributed by atoms with van der Waals surface area (Å²) in [6.45, 7) is 4.14. The van der Waals surface area contributed by atoms with Gasteiger partial charge in [0, 0.05) is 17.8 Å². The van der Waals surface area contributed by atoms with Gasteiger partial charge in [-0.15, -0.1) is 11.3 Å². The monoisotopic (exact) mass is 337 g/mol. The minimum Gasteiger partial charge on any atom is -0.357 e. The first-order valence-electron chi connectivity index (χ1n) is 8.23.